The van der Waals surface area contributed by atoms with E-state index in [1.54, 1.807) is 0 Å². The number of piperidine rings is 1. The number of nitrogens with zero attached hydrogens (tertiary/aromatic N) is 2. The normalized spacial score (nSPS) is 14.2. The monoisotopic (exact) mass is 388 g/mol. The van der Waals surface area contributed by atoms with Crippen LogP contribution in [-0.4, -0.2) is 57.0 Å². The van der Waals surface area contributed by atoms with E-state index < -0.39 is 0 Å². The summed E-state index contributed by atoms with van der Waals surface area (Å²) in [6.45, 7) is 5.60. The summed E-state index contributed by atoms with van der Waals surface area (Å²) in [4.78, 5) is 29.4. The van der Waals surface area contributed by atoms with Crippen LogP contribution in [0.3, 0.4) is 0 Å². The molecule has 1 aliphatic heterocycles. The average Bonchev–Trinajstić information content (AvgIpc) is 2.70. The molecule has 0 aromatic heterocycles. The largest absolute Gasteiger partial charge is 0.371 e. The van der Waals surface area contributed by atoms with Crippen LogP contribution in [0, 0.1) is 0 Å². The van der Waals surface area contributed by atoms with E-state index in [4.69, 9.17) is 0 Å². The molecule has 0 radical (unpaired) electrons. The lowest BCUT2D eigenvalue weighted by Crippen LogP contribution is -2.33. The number of hydrogen-bond acceptors (Lipinski definition) is 4. The first kappa shape index (κ1) is 22.2. The Bertz CT molecular complexity index is 639. The van der Waals surface area contributed by atoms with Gasteiger partial charge in [0.1, 0.15) is 0 Å². The van der Waals surface area contributed by atoms with Crippen LogP contribution in [0.1, 0.15) is 62.2 Å². The van der Waals surface area contributed by atoms with Gasteiger partial charge in [0.25, 0.3) is 5.91 Å². The maximum atomic E-state index is 12.9. The third-order valence-corrected chi connectivity index (χ3v) is 5.05. The van der Waals surface area contributed by atoms with Crippen molar-refractivity contribution in [3.05, 3.63) is 23.8 Å². The highest BCUT2D eigenvalue weighted by molar-refractivity contribution is 6.02. The number of benzene rings is 1. The van der Waals surface area contributed by atoms with Crippen LogP contribution >= 0.6 is 0 Å². The molecule has 156 valence electrons. The minimum Gasteiger partial charge on any atom is -0.371 e. The fourth-order valence-electron chi connectivity index (χ4n) is 3.46. The zero-order valence-electron chi connectivity index (χ0n) is 17.7. The number of carbonyl (C=O) groups excluding carboxylic acids is 2. The van der Waals surface area contributed by atoms with Gasteiger partial charge in [-0.05, 0) is 70.9 Å². The maximum Gasteiger partial charge on any atom is 0.253 e. The smallest absolute Gasteiger partial charge is 0.253 e. The fraction of sp³-hybridized carbons (Fsp3) is 0.636. The Morgan fingerprint density at radius 2 is 1.86 bits per heavy atom. The second-order valence-corrected chi connectivity index (χ2v) is 7.84. The quantitative estimate of drug-likeness (QED) is 0.602. The van der Waals surface area contributed by atoms with Crippen LogP contribution < -0.4 is 15.5 Å². The summed E-state index contributed by atoms with van der Waals surface area (Å²) in [6.07, 6.45) is 6.83. The van der Waals surface area contributed by atoms with E-state index >= 15 is 0 Å². The molecule has 1 fully saturated rings. The summed E-state index contributed by atoms with van der Waals surface area (Å²) in [5, 5.41) is 5.98. The second-order valence-electron chi connectivity index (χ2n) is 7.84. The molecule has 0 spiro atoms. The number of rotatable bonds is 10. The molecule has 2 N–H and O–H groups in total. The minimum atomic E-state index is -0.0658. The first-order valence-corrected chi connectivity index (χ1v) is 10.6. The number of unbranched alkanes of at least 4 members (excludes halogenated alkanes) is 1. The first-order chi connectivity index (χ1) is 13.5. The van der Waals surface area contributed by atoms with E-state index in [-0.39, 0.29) is 11.8 Å². The lowest BCUT2D eigenvalue weighted by Gasteiger charge is -2.30. The molecule has 0 saturated carbocycles. The highest BCUT2D eigenvalue weighted by Gasteiger charge is 2.19. The molecule has 6 nitrogen and oxygen atoms in total. The van der Waals surface area contributed by atoms with Crippen LogP contribution in [0.2, 0.25) is 0 Å². The van der Waals surface area contributed by atoms with Gasteiger partial charge < -0.3 is 20.4 Å². The Labute approximate surface area is 169 Å². The molecule has 28 heavy (non-hydrogen) atoms. The SMILES string of the molecule is CCCCC(=O)Nc1ccc(N2CCCCC2)c(C(=O)NCCCN(C)C)c1. The number of anilines is 2. The third kappa shape index (κ3) is 7.15. The standard InChI is InChI=1S/C22H36N4O2/c1-4-5-10-21(27)24-18-11-12-20(26-15-7-6-8-16-26)19(17-18)22(28)23-13-9-14-25(2)3/h11-12,17H,4-10,13-16H2,1-3H3,(H,23,28)(H,24,27). The van der Waals surface area contributed by atoms with Gasteiger partial charge in [0.05, 0.1) is 5.56 Å². The van der Waals surface area contributed by atoms with E-state index in [1.165, 1.54) is 6.42 Å². The van der Waals surface area contributed by atoms with Gasteiger partial charge in [-0.2, -0.15) is 0 Å². The van der Waals surface area contributed by atoms with Crippen LogP contribution in [0.4, 0.5) is 11.4 Å². The molecule has 1 aliphatic rings. The molecule has 1 aromatic carbocycles. The molecule has 2 amide bonds. The van der Waals surface area contributed by atoms with Gasteiger partial charge in [-0.15, -0.1) is 0 Å². The van der Waals surface area contributed by atoms with E-state index in [1.807, 2.05) is 32.3 Å². The summed E-state index contributed by atoms with van der Waals surface area (Å²) < 4.78 is 0. The van der Waals surface area contributed by atoms with Gasteiger partial charge in [-0.25, -0.2) is 0 Å². The number of nitrogens with one attached hydrogen (secondary N) is 2. The predicted molar refractivity (Wildman–Crippen MR) is 116 cm³/mol. The molecular weight excluding hydrogens is 352 g/mol. The summed E-state index contributed by atoms with van der Waals surface area (Å²) in [5.41, 5.74) is 2.32. The topological polar surface area (TPSA) is 64.7 Å². The van der Waals surface area contributed by atoms with Gasteiger partial charge in [-0.1, -0.05) is 13.3 Å². The predicted octanol–water partition coefficient (Wildman–Crippen LogP) is 3.49. The van der Waals surface area contributed by atoms with Gasteiger partial charge in [0.2, 0.25) is 5.91 Å². The summed E-state index contributed by atoms with van der Waals surface area (Å²) in [6, 6.07) is 5.72. The maximum absolute atomic E-state index is 12.9. The van der Waals surface area contributed by atoms with Crippen molar-refractivity contribution < 1.29 is 9.59 Å². The summed E-state index contributed by atoms with van der Waals surface area (Å²) in [7, 11) is 4.06. The van der Waals surface area contributed by atoms with Gasteiger partial charge in [0, 0.05) is 37.4 Å². The highest BCUT2D eigenvalue weighted by Crippen LogP contribution is 2.27. The van der Waals surface area contributed by atoms with Crippen LogP contribution in [0.25, 0.3) is 0 Å². The number of carbonyl (C=O) groups is 2. The zero-order chi connectivity index (χ0) is 20.4. The van der Waals surface area contributed by atoms with Crippen molar-refractivity contribution in [3.63, 3.8) is 0 Å². The Morgan fingerprint density at radius 3 is 2.54 bits per heavy atom. The van der Waals surface area contributed by atoms with Crippen LogP contribution in [0.15, 0.2) is 18.2 Å². The van der Waals surface area contributed by atoms with Gasteiger partial charge >= 0.3 is 0 Å². The molecular formula is C22H36N4O2. The molecule has 1 heterocycles. The van der Waals surface area contributed by atoms with E-state index in [2.05, 4.69) is 27.4 Å². The van der Waals surface area contributed by atoms with E-state index in [9.17, 15) is 9.59 Å². The highest BCUT2D eigenvalue weighted by atomic mass is 16.2. The number of amides is 2. The van der Waals surface area contributed by atoms with Crippen molar-refractivity contribution in [2.45, 2.75) is 51.9 Å². The van der Waals surface area contributed by atoms with Crippen LogP contribution in [-0.2, 0) is 4.79 Å². The Balaban J connectivity index is 2.12. The Kier molecular flexibility index (Phi) is 9.28. The lowest BCUT2D eigenvalue weighted by atomic mass is 10.1. The molecule has 0 bridgehead atoms. The fourth-order valence-corrected chi connectivity index (χ4v) is 3.46. The summed E-state index contributed by atoms with van der Waals surface area (Å²) >= 11 is 0. The Hall–Kier alpha value is -2.08. The molecule has 6 heteroatoms. The zero-order valence-corrected chi connectivity index (χ0v) is 17.7. The molecule has 1 saturated heterocycles. The van der Waals surface area contributed by atoms with Crippen molar-refractivity contribution in [1.29, 1.82) is 0 Å². The average molecular weight is 389 g/mol. The molecule has 0 aliphatic carbocycles. The molecule has 1 aromatic rings. The molecule has 0 unspecified atom stereocenters. The van der Waals surface area contributed by atoms with Crippen molar-refractivity contribution >= 4 is 23.2 Å². The Morgan fingerprint density at radius 1 is 1.11 bits per heavy atom. The molecule has 2 rings (SSSR count). The van der Waals surface area contributed by atoms with Crippen molar-refractivity contribution in [3.8, 4) is 0 Å². The molecule has 0 atom stereocenters. The van der Waals surface area contributed by atoms with Crippen LogP contribution in [0.5, 0.6) is 0 Å². The van der Waals surface area contributed by atoms with Crippen molar-refractivity contribution in [1.82, 2.24) is 10.2 Å². The summed E-state index contributed by atoms with van der Waals surface area (Å²) in [5.74, 6) is -0.0612. The van der Waals surface area contributed by atoms with Crippen molar-refractivity contribution in [2.75, 3.05) is 50.5 Å². The second kappa shape index (κ2) is 11.7. The van der Waals surface area contributed by atoms with E-state index in [0.717, 1.165) is 57.4 Å². The van der Waals surface area contributed by atoms with Gasteiger partial charge in [0.15, 0.2) is 0 Å². The van der Waals surface area contributed by atoms with Crippen molar-refractivity contribution in [2.24, 2.45) is 0 Å². The third-order valence-electron chi connectivity index (χ3n) is 5.05. The first-order valence-electron chi connectivity index (χ1n) is 10.6. The van der Waals surface area contributed by atoms with Gasteiger partial charge in [-0.3, -0.25) is 9.59 Å². The number of hydrogen-bond donors (Lipinski definition) is 2. The lowest BCUT2D eigenvalue weighted by molar-refractivity contribution is -0.116. The minimum absolute atomic E-state index is 0.00455. The van der Waals surface area contributed by atoms with E-state index in [0.29, 0.717) is 24.2 Å².